The van der Waals surface area contributed by atoms with Gasteiger partial charge in [-0.1, -0.05) is 13.0 Å². The molecule has 0 amide bonds. The monoisotopic (exact) mass is 420 g/mol. The molecule has 0 unspecified atom stereocenters. The van der Waals surface area contributed by atoms with Crippen LogP contribution in [0.15, 0.2) is 12.1 Å². The van der Waals surface area contributed by atoms with Crippen molar-refractivity contribution in [1.82, 2.24) is 0 Å². The van der Waals surface area contributed by atoms with Gasteiger partial charge in [-0.25, -0.2) is 4.39 Å². The fourth-order valence-electron chi connectivity index (χ4n) is 6.41. The third kappa shape index (κ3) is 3.23. The lowest BCUT2D eigenvalue weighted by molar-refractivity contribution is -0.154. The summed E-state index contributed by atoms with van der Waals surface area (Å²) in [6.07, 6.45) is 0.971. The van der Waals surface area contributed by atoms with Crippen LogP contribution in [-0.2, 0) is 25.5 Å². The summed E-state index contributed by atoms with van der Waals surface area (Å²) in [4.78, 5) is 22.8. The number of halogens is 1. The number of carbonyl (C=O) groups is 2. The highest BCUT2D eigenvalue weighted by Crippen LogP contribution is 2.62. The summed E-state index contributed by atoms with van der Waals surface area (Å²) >= 11 is 0. The van der Waals surface area contributed by atoms with Gasteiger partial charge in [-0.05, 0) is 54.7 Å². The Hall–Kier alpha value is -1.99. The lowest BCUT2D eigenvalue weighted by Crippen LogP contribution is -2.51. The summed E-state index contributed by atoms with van der Waals surface area (Å²) in [5.41, 5.74) is 1.03. The fourth-order valence-corrected chi connectivity index (χ4v) is 6.41. The predicted octanol–water partition coefficient (Wildman–Crippen LogP) is 3.13. The number of hydrogen-bond acceptors (Lipinski definition) is 6. The van der Waals surface area contributed by atoms with Gasteiger partial charge in [-0.3, -0.25) is 9.59 Å². The number of ether oxygens (including phenoxy) is 3. The Balaban J connectivity index is 1.72. The molecule has 3 aliphatic carbocycles. The van der Waals surface area contributed by atoms with E-state index in [0.29, 0.717) is 24.8 Å². The van der Waals surface area contributed by atoms with Crippen molar-refractivity contribution in [1.29, 1.82) is 0 Å². The van der Waals surface area contributed by atoms with Gasteiger partial charge in [0.25, 0.3) is 0 Å². The standard InChI is InChI=1S/C23H29FO6/c1-11(25)29-17-8-7-13-14(21(17)24)5-6-15-16-9-18(30-12(2)26)22(27)23(16,3)10-19(28-4)20(13)15/h7-8,15-16,18-20,22,27H,5-6,9-10H2,1-4H3/t15-,16-,18-,19-,20+,22-,23-/m0/s1. The van der Waals surface area contributed by atoms with E-state index < -0.39 is 35.4 Å². The van der Waals surface area contributed by atoms with Crippen molar-refractivity contribution < 1.29 is 33.3 Å². The highest BCUT2D eigenvalue weighted by Gasteiger charge is 2.62. The molecule has 1 aromatic rings. The van der Waals surface area contributed by atoms with Crippen molar-refractivity contribution in [2.75, 3.05) is 7.11 Å². The quantitative estimate of drug-likeness (QED) is 0.598. The molecule has 7 atom stereocenters. The summed E-state index contributed by atoms with van der Waals surface area (Å²) in [6.45, 7) is 4.66. The molecule has 30 heavy (non-hydrogen) atoms. The third-order valence-corrected chi connectivity index (χ3v) is 7.59. The molecule has 0 bridgehead atoms. The summed E-state index contributed by atoms with van der Waals surface area (Å²) in [5.74, 6) is -1.18. The molecule has 1 aromatic carbocycles. The van der Waals surface area contributed by atoms with Gasteiger partial charge >= 0.3 is 11.9 Å². The SMILES string of the molecule is CO[C@H]1C[C@]2(C)[C@@H](O)[C@@H](OC(C)=O)C[C@H]2[C@@H]2CCc3c(ccc(OC(C)=O)c3F)[C@H]21. The van der Waals surface area contributed by atoms with E-state index in [4.69, 9.17) is 14.2 Å². The molecular formula is C23H29FO6. The number of rotatable bonds is 3. The minimum absolute atomic E-state index is 0.0269. The van der Waals surface area contributed by atoms with Gasteiger partial charge in [0.2, 0.25) is 0 Å². The number of aliphatic hydroxyl groups excluding tert-OH is 1. The van der Waals surface area contributed by atoms with Gasteiger partial charge in [-0.15, -0.1) is 0 Å². The van der Waals surface area contributed by atoms with E-state index in [1.165, 1.54) is 19.9 Å². The largest absolute Gasteiger partial charge is 0.460 e. The molecule has 6 nitrogen and oxygen atoms in total. The van der Waals surface area contributed by atoms with Gasteiger partial charge in [-0.2, -0.15) is 0 Å². The van der Waals surface area contributed by atoms with E-state index in [0.717, 1.165) is 12.0 Å². The Morgan fingerprint density at radius 1 is 1.20 bits per heavy atom. The van der Waals surface area contributed by atoms with Gasteiger partial charge in [0.1, 0.15) is 6.10 Å². The van der Waals surface area contributed by atoms with E-state index in [-0.39, 0.29) is 29.6 Å². The van der Waals surface area contributed by atoms with Crippen LogP contribution in [0.1, 0.15) is 57.1 Å². The zero-order valence-corrected chi connectivity index (χ0v) is 17.8. The van der Waals surface area contributed by atoms with Crippen LogP contribution >= 0.6 is 0 Å². The first-order chi connectivity index (χ1) is 14.2. The van der Waals surface area contributed by atoms with Crippen molar-refractivity contribution in [2.45, 2.75) is 70.7 Å². The normalized spacial score (nSPS) is 37.0. The fraction of sp³-hybridized carbons (Fsp3) is 0.652. The van der Waals surface area contributed by atoms with Crippen molar-refractivity contribution in [3.8, 4) is 5.75 Å². The number of carbonyl (C=O) groups excluding carboxylic acids is 2. The minimum atomic E-state index is -0.755. The molecule has 4 rings (SSSR count). The number of benzene rings is 1. The number of fused-ring (bicyclic) bond motifs is 5. The summed E-state index contributed by atoms with van der Waals surface area (Å²) in [6, 6.07) is 3.36. The third-order valence-electron chi connectivity index (χ3n) is 7.59. The second-order valence-electron chi connectivity index (χ2n) is 9.19. The first-order valence-electron chi connectivity index (χ1n) is 10.5. The zero-order chi connectivity index (χ0) is 21.8. The molecule has 0 saturated heterocycles. The summed E-state index contributed by atoms with van der Waals surface area (Å²) in [5, 5.41) is 11.0. The molecule has 1 N–H and O–H groups in total. The molecule has 0 heterocycles. The lowest BCUT2D eigenvalue weighted by atomic mass is 9.54. The molecule has 2 saturated carbocycles. The van der Waals surface area contributed by atoms with E-state index in [9.17, 15) is 14.7 Å². The van der Waals surface area contributed by atoms with Crippen LogP contribution in [0, 0.1) is 23.1 Å². The average molecular weight is 420 g/mol. The summed E-state index contributed by atoms with van der Waals surface area (Å²) in [7, 11) is 1.65. The molecule has 0 radical (unpaired) electrons. The maximum atomic E-state index is 15.1. The molecule has 7 heteroatoms. The van der Waals surface area contributed by atoms with Crippen molar-refractivity contribution >= 4 is 11.9 Å². The molecule has 2 fully saturated rings. The molecule has 3 aliphatic rings. The Morgan fingerprint density at radius 3 is 2.57 bits per heavy atom. The first kappa shape index (κ1) is 21.2. The van der Waals surface area contributed by atoms with Crippen LogP contribution in [0.2, 0.25) is 0 Å². The van der Waals surface area contributed by atoms with Crippen LogP contribution in [0.4, 0.5) is 4.39 Å². The number of esters is 2. The van der Waals surface area contributed by atoms with Crippen LogP contribution < -0.4 is 4.74 Å². The van der Waals surface area contributed by atoms with Crippen molar-refractivity contribution in [3.63, 3.8) is 0 Å². The van der Waals surface area contributed by atoms with Crippen molar-refractivity contribution in [2.24, 2.45) is 17.3 Å². The highest BCUT2D eigenvalue weighted by molar-refractivity contribution is 5.69. The van der Waals surface area contributed by atoms with E-state index in [1.807, 2.05) is 13.0 Å². The Bertz CT molecular complexity index is 869. The number of methoxy groups -OCH3 is 1. The molecule has 0 aromatic heterocycles. The van der Waals surface area contributed by atoms with Gasteiger partial charge in [0, 0.05) is 32.3 Å². The van der Waals surface area contributed by atoms with Crippen molar-refractivity contribution in [3.05, 3.63) is 29.1 Å². The average Bonchev–Trinajstić information content (AvgIpc) is 2.93. The molecule has 0 spiro atoms. The Labute approximate surface area is 175 Å². The van der Waals surface area contributed by atoms with Crippen LogP contribution in [-0.4, -0.2) is 42.5 Å². The maximum Gasteiger partial charge on any atom is 0.308 e. The van der Waals surface area contributed by atoms with Gasteiger partial charge in [0.05, 0.1) is 12.2 Å². The molecular weight excluding hydrogens is 391 g/mol. The van der Waals surface area contributed by atoms with Crippen LogP contribution in [0.5, 0.6) is 5.75 Å². The minimum Gasteiger partial charge on any atom is -0.460 e. The second-order valence-corrected chi connectivity index (χ2v) is 9.19. The Kier molecular flexibility index (Phi) is 5.39. The smallest absolute Gasteiger partial charge is 0.308 e. The Morgan fingerprint density at radius 2 is 1.93 bits per heavy atom. The summed E-state index contributed by atoms with van der Waals surface area (Å²) < 4.78 is 31.4. The van der Waals surface area contributed by atoms with Crippen LogP contribution in [0.3, 0.4) is 0 Å². The van der Waals surface area contributed by atoms with Crippen LogP contribution in [0.25, 0.3) is 0 Å². The molecule has 164 valence electrons. The zero-order valence-electron chi connectivity index (χ0n) is 17.8. The molecule has 0 aliphatic heterocycles. The number of hydrogen-bond donors (Lipinski definition) is 1. The van der Waals surface area contributed by atoms with E-state index >= 15 is 4.39 Å². The second kappa shape index (κ2) is 7.61. The lowest BCUT2D eigenvalue weighted by Gasteiger charge is -2.52. The van der Waals surface area contributed by atoms with Gasteiger partial charge < -0.3 is 19.3 Å². The topological polar surface area (TPSA) is 82.1 Å². The van der Waals surface area contributed by atoms with E-state index in [1.54, 1.807) is 7.11 Å². The number of aliphatic hydroxyl groups is 1. The predicted molar refractivity (Wildman–Crippen MR) is 105 cm³/mol. The van der Waals surface area contributed by atoms with Gasteiger partial charge in [0.15, 0.2) is 11.6 Å². The van der Waals surface area contributed by atoms with E-state index in [2.05, 4.69) is 0 Å². The maximum absolute atomic E-state index is 15.1. The highest BCUT2D eigenvalue weighted by atomic mass is 19.1. The first-order valence-corrected chi connectivity index (χ1v) is 10.5.